The molecule has 0 aromatic carbocycles. The van der Waals surface area contributed by atoms with E-state index in [1.807, 2.05) is 6.20 Å². The number of aryl methyl sites for hydroxylation is 1. The minimum atomic E-state index is 0.557. The van der Waals surface area contributed by atoms with Crippen LogP contribution in [0.2, 0.25) is 0 Å². The molecule has 1 atom stereocenters. The van der Waals surface area contributed by atoms with Gasteiger partial charge < -0.3 is 5.32 Å². The van der Waals surface area contributed by atoms with Crippen LogP contribution in [0.5, 0.6) is 0 Å². The second-order valence-corrected chi connectivity index (χ2v) is 6.25. The van der Waals surface area contributed by atoms with Gasteiger partial charge in [-0.2, -0.15) is 0 Å². The van der Waals surface area contributed by atoms with Crippen LogP contribution in [0.1, 0.15) is 37.4 Å². The standard InChI is InChI=1S/C16H25N3/c1-2-14-4-5-15(18-10-14)11-19-9-7-16(13-19)6-3-8-17-12-16/h4-5,10,17H,2-3,6-9,11-13H2,1H3. The predicted octanol–water partition coefficient (Wildman–Crippen LogP) is 2.22. The Morgan fingerprint density at radius 3 is 3.00 bits per heavy atom. The van der Waals surface area contributed by atoms with Crippen molar-refractivity contribution >= 4 is 0 Å². The molecule has 0 saturated carbocycles. The fourth-order valence-electron chi connectivity index (χ4n) is 3.53. The van der Waals surface area contributed by atoms with Crippen LogP contribution < -0.4 is 5.32 Å². The summed E-state index contributed by atoms with van der Waals surface area (Å²) in [7, 11) is 0. The molecule has 2 aliphatic heterocycles. The first-order chi connectivity index (χ1) is 9.30. The lowest BCUT2D eigenvalue weighted by Crippen LogP contribution is -2.41. The van der Waals surface area contributed by atoms with E-state index in [9.17, 15) is 0 Å². The molecule has 0 aliphatic carbocycles. The molecule has 0 bridgehead atoms. The molecule has 1 unspecified atom stereocenters. The van der Waals surface area contributed by atoms with E-state index in [1.54, 1.807) is 0 Å². The fourth-order valence-corrected chi connectivity index (χ4v) is 3.53. The molecule has 3 rings (SSSR count). The number of nitrogens with zero attached hydrogens (tertiary/aromatic N) is 2. The number of pyridine rings is 1. The molecule has 2 aliphatic rings. The highest BCUT2D eigenvalue weighted by atomic mass is 15.2. The molecule has 0 radical (unpaired) electrons. The summed E-state index contributed by atoms with van der Waals surface area (Å²) in [5.41, 5.74) is 3.11. The van der Waals surface area contributed by atoms with Crippen LogP contribution in [-0.2, 0) is 13.0 Å². The van der Waals surface area contributed by atoms with E-state index in [0.717, 1.165) is 13.0 Å². The molecule has 2 saturated heterocycles. The van der Waals surface area contributed by atoms with Crippen molar-refractivity contribution in [3.63, 3.8) is 0 Å². The third-order valence-electron chi connectivity index (χ3n) is 4.76. The Balaban J connectivity index is 1.58. The third-order valence-corrected chi connectivity index (χ3v) is 4.76. The number of hydrogen-bond acceptors (Lipinski definition) is 3. The molecule has 19 heavy (non-hydrogen) atoms. The second-order valence-electron chi connectivity index (χ2n) is 6.25. The van der Waals surface area contributed by atoms with E-state index >= 15 is 0 Å². The number of hydrogen-bond donors (Lipinski definition) is 1. The summed E-state index contributed by atoms with van der Waals surface area (Å²) in [4.78, 5) is 7.17. The van der Waals surface area contributed by atoms with E-state index in [2.05, 4.69) is 34.3 Å². The summed E-state index contributed by atoms with van der Waals surface area (Å²) < 4.78 is 0. The zero-order chi connectivity index (χ0) is 13.1. The number of aromatic nitrogens is 1. The van der Waals surface area contributed by atoms with Crippen LogP contribution >= 0.6 is 0 Å². The van der Waals surface area contributed by atoms with Crippen molar-refractivity contribution in [1.29, 1.82) is 0 Å². The van der Waals surface area contributed by atoms with Crippen LogP contribution in [0.3, 0.4) is 0 Å². The van der Waals surface area contributed by atoms with Crippen LogP contribution in [0.25, 0.3) is 0 Å². The van der Waals surface area contributed by atoms with Gasteiger partial charge in [-0.05, 0) is 55.8 Å². The maximum absolute atomic E-state index is 4.59. The monoisotopic (exact) mass is 259 g/mol. The SMILES string of the molecule is CCc1ccc(CN2CCC3(CCCNC3)C2)nc1. The van der Waals surface area contributed by atoms with Crippen molar-refractivity contribution in [1.82, 2.24) is 15.2 Å². The van der Waals surface area contributed by atoms with Crippen molar-refractivity contribution in [2.75, 3.05) is 26.2 Å². The van der Waals surface area contributed by atoms with Crippen molar-refractivity contribution in [3.8, 4) is 0 Å². The van der Waals surface area contributed by atoms with Crippen molar-refractivity contribution in [3.05, 3.63) is 29.6 Å². The van der Waals surface area contributed by atoms with Gasteiger partial charge in [-0.25, -0.2) is 0 Å². The Hall–Kier alpha value is -0.930. The molecule has 3 heteroatoms. The number of rotatable bonds is 3. The summed E-state index contributed by atoms with van der Waals surface area (Å²) in [6, 6.07) is 4.42. The molecule has 1 aromatic rings. The van der Waals surface area contributed by atoms with E-state index < -0.39 is 0 Å². The Labute approximate surface area is 116 Å². The molecular formula is C16H25N3. The van der Waals surface area contributed by atoms with Crippen molar-refractivity contribution < 1.29 is 0 Å². The minimum absolute atomic E-state index is 0.557. The molecule has 2 fully saturated rings. The van der Waals surface area contributed by atoms with Crippen LogP contribution in [0.15, 0.2) is 18.3 Å². The van der Waals surface area contributed by atoms with Crippen molar-refractivity contribution in [2.45, 2.75) is 39.2 Å². The van der Waals surface area contributed by atoms with Gasteiger partial charge in [-0.15, -0.1) is 0 Å². The first-order valence-corrected chi connectivity index (χ1v) is 7.67. The minimum Gasteiger partial charge on any atom is -0.316 e. The van der Waals surface area contributed by atoms with E-state index in [1.165, 1.54) is 56.7 Å². The average molecular weight is 259 g/mol. The summed E-state index contributed by atoms with van der Waals surface area (Å²) in [6.45, 7) is 8.10. The molecule has 104 valence electrons. The summed E-state index contributed by atoms with van der Waals surface area (Å²) >= 11 is 0. The predicted molar refractivity (Wildman–Crippen MR) is 78.0 cm³/mol. The van der Waals surface area contributed by atoms with Gasteiger partial charge in [0, 0.05) is 25.8 Å². The maximum atomic E-state index is 4.59. The number of likely N-dealkylation sites (tertiary alicyclic amines) is 1. The normalized spacial score (nSPS) is 28.1. The van der Waals surface area contributed by atoms with Gasteiger partial charge in [-0.3, -0.25) is 9.88 Å². The lowest BCUT2D eigenvalue weighted by atomic mass is 9.80. The first-order valence-electron chi connectivity index (χ1n) is 7.67. The van der Waals surface area contributed by atoms with Gasteiger partial charge in [-0.1, -0.05) is 13.0 Å². The lowest BCUT2D eigenvalue weighted by molar-refractivity contribution is 0.199. The van der Waals surface area contributed by atoms with Gasteiger partial charge in [0.05, 0.1) is 5.69 Å². The summed E-state index contributed by atoms with van der Waals surface area (Å²) in [6.07, 6.45) is 7.21. The van der Waals surface area contributed by atoms with Crippen LogP contribution in [-0.4, -0.2) is 36.1 Å². The van der Waals surface area contributed by atoms with Crippen LogP contribution in [0.4, 0.5) is 0 Å². The Morgan fingerprint density at radius 1 is 1.37 bits per heavy atom. The highest BCUT2D eigenvalue weighted by molar-refractivity contribution is 5.14. The van der Waals surface area contributed by atoms with E-state index in [-0.39, 0.29) is 0 Å². The number of piperidine rings is 1. The second kappa shape index (κ2) is 5.59. The van der Waals surface area contributed by atoms with E-state index in [0.29, 0.717) is 5.41 Å². The quantitative estimate of drug-likeness (QED) is 0.902. The summed E-state index contributed by atoms with van der Waals surface area (Å²) in [5, 5.41) is 3.57. The molecule has 0 amide bonds. The Kier molecular flexibility index (Phi) is 3.85. The number of nitrogens with one attached hydrogen (secondary N) is 1. The molecular weight excluding hydrogens is 234 g/mol. The first kappa shape index (κ1) is 13.1. The molecule has 1 N–H and O–H groups in total. The molecule has 3 nitrogen and oxygen atoms in total. The molecule has 1 spiro atoms. The van der Waals surface area contributed by atoms with Gasteiger partial charge in [0.15, 0.2) is 0 Å². The zero-order valence-corrected chi connectivity index (χ0v) is 12.0. The van der Waals surface area contributed by atoms with Gasteiger partial charge in [0.25, 0.3) is 0 Å². The Morgan fingerprint density at radius 2 is 2.32 bits per heavy atom. The van der Waals surface area contributed by atoms with Gasteiger partial charge >= 0.3 is 0 Å². The molecule has 1 aromatic heterocycles. The maximum Gasteiger partial charge on any atom is 0.0544 e. The summed E-state index contributed by atoms with van der Waals surface area (Å²) in [5.74, 6) is 0. The topological polar surface area (TPSA) is 28.2 Å². The lowest BCUT2D eigenvalue weighted by Gasteiger charge is -2.34. The largest absolute Gasteiger partial charge is 0.316 e. The fraction of sp³-hybridized carbons (Fsp3) is 0.688. The smallest absolute Gasteiger partial charge is 0.0544 e. The average Bonchev–Trinajstić information content (AvgIpc) is 2.83. The van der Waals surface area contributed by atoms with Crippen LogP contribution in [0, 0.1) is 5.41 Å². The highest BCUT2D eigenvalue weighted by Gasteiger charge is 2.38. The van der Waals surface area contributed by atoms with Gasteiger partial charge in [0.2, 0.25) is 0 Å². The Bertz CT molecular complexity index is 407. The van der Waals surface area contributed by atoms with Gasteiger partial charge in [0.1, 0.15) is 0 Å². The molecule has 3 heterocycles. The highest BCUT2D eigenvalue weighted by Crippen LogP contribution is 2.36. The third kappa shape index (κ3) is 2.98. The van der Waals surface area contributed by atoms with Crippen molar-refractivity contribution in [2.24, 2.45) is 5.41 Å². The van der Waals surface area contributed by atoms with E-state index in [4.69, 9.17) is 0 Å². The zero-order valence-electron chi connectivity index (χ0n) is 12.0.